The number of rotatable bonds is 6. The lowest BCUT2D eigenvalue weighted by Crippen LogP contribution is -2.32. The van der Waals surface area contributed by atoms with Gasteiger partial charge in [-0.05, 0) is 35.9 Å². The summed E-state index contributed by atoms with van der Waals surface area (Å²) in [5.41, 5.74) is 3.27. The van der Waals surface area contributed by atoms with Gasteiger partial charge in [-0.2, -0.15) is 0 Å². The molecule has 2 N–H and O–H groups in total. The molecule has 2 aromatic carbocycles. The van der Waals surface area contributed by atoms with Gasteiger partial charge in [0.15, 0.2) is 0 Å². The molecule has 2 aromatic heterocycles. The number of amides is 3. The summed E-state index contributed by atoms with van der Waals surface area (Å²) in [6.07, 6.45) is 3.76. The summed E-state index contributed by atoms with van der Waals surface area (Å²) >= 11 is 0. The number of carbonyl (C=O) groups excluding carboxylic acids is 2. The molecule has 5 rings (SSSR count). The van der Waals surface area contributed by atoms with E-state index in [1.54, 1.807) is 7.11 Å². The summed E-state index contributed by atoms with van der Waals surface area (Å²) < 4.78 is 10.7. The first kappa shape index (κ1) is 18.9. The molecule has 0 aliphatic carbocycles. The van der Waals surface area contributed by atoms with E-state index in [9.17, 15) is 9.59 Å². The van der Waals surface area contributed by atoms with E-state index in [2.05, 4.69) is 15.3 Å². The largest absolute Gasteiger partial charge is 0.497 e. The molecule has 0 saturated carbocycles. The molecule has 0 radical (unpaired) electrons. The fraction of sp³-hybridized carbons (Fsp3) is 0.174. The molecular formula is C23H20N4O4. The van der Waals surface area contributed by atoms with Crippen LogP contribution >= 0.6 is 0 Å². The van der Waals surface area contributed by atoms with Crippen LogP contribution in [-0.4, -0.2) is 40.0 Å². The Morgan fingerprint density at radius 1 is 1.13 bits per heavy atom. The van der Waals surface area contributed by atoms with Crippen molar-refractivity contribution in [1.29, 1.82) is 0 Å². The van der Waals surface area contributed by atoms with Gasteiger partial charge in [0.1, 0.15) is 18.1 Å². The van der Waals surface area contributed by atoms with E-state index in [-0.39, 0.29) is 12.5 Å². The molecule has 4 aromatic rings. The minimum atomic E-state index is -0.611. The third kappa shape index (κ3) is 3.52. The highest BCUT2D eigenvalue weighted by Gasteiger charge is 2.38. The number of imide groups is 1. The van der Waals surface area contributed by atoms with Crippen LogP contribution < -0.4 is 10.1 Å². The van der Waals surface area contributed by atoms with Gasteiger partial charge in [-0.15, -0.1) is 0 Å². The van der Waals surface area contributed by atoms with Crippen LogP contribution in [0.1, 0.15) is 11.3 Å². The number of carbonyl (C=O) groups is 2. The third-order valence-corrected chi connectivity index (χ3v) is 5.41. The number of nitrogens with one attached hydrogen (secondary N) is 2. The van der Waals surface area contributed by atoms with Crippen LogP contribution in [-0.2, 0) is 17.8 Å². The highest BCUT2D eigenvalue weighted by Crippen LogP contribution is 2.24. The standard InChI is InChI=1S/C23H20N4O4/c1-30-17-8-6-14(7-9-17)21-25-16(13-31-21)12-27-22(28)20(26-23(27)29)10-15-11-24-19-5-3-2-4-18(15)19/h2-9,11,13,20,24H,10,12H2,1H3,(H,26,29). The minimum Gasteiger partial charge on any atom is -0.497 e. The Labute approximate surface area is 177 Å². The molecule has 1 saturated heterocycles. The lowest BCUT2D eigenvalue weighted by Gasteiger charge is -2.11. The van der Waals surface area contributed by atoms with Gasteiger partial charge in [-0.3, -0.25) is 9.69 Å². The van der Waals surface area contributed by atoms with Crippen molar-refractivity contribution in [3.63, 3.8) is 0 Å². The molecule has 1 unspecified atom stereocenters. The van der Waals surface area contributed by atoms with E-state index in [0.29, 0.717) is 18.0 Å². The molecule has 1 atom stereocenters. The zero-order valence-corrected chi connectivity index (χ0v) is 16.8. The molecule has 3 amide bonds. The van der Waals surface area contributed by atoms with Gasteiger partial charge < -0.3 is 19.5 Å². The summed E-state index contributed by atoms with van der Waals surface area (Å²) in [5.74, 6) is 0.875. The Morgan fingerprint density at radius 3 is 2.74 bits per heavy atom. The molecule has 8 nitrogen and oxygen atoms in total. The van der Waals surface area contributed by atoms with Crippen molar-refractivity contribution in [3.05, 3.63) is 72.2 Å². The van der Waals surface area contributed by atoms with Crippen LogP contribution in [0.25, 0.3) is 22.4 Å². The van der Waals surface area contributed by atoms with Crippen LogP contribution in [0.4, 0.5) is 4.79 Å². The van der Waals surface area contributed by atoms with Crippen molar-refractivity contribution < 1.29 is 18.7 Å². The average Bonchev–Trinajstić information content (AvgIpc) is 3.50. The summed E-state index contributed by atoms with van der Waals surface area (Å²) in [7, 11) is 1.60. The number of para-hydroxylation sites is 1. The number of oxazole rings is 1. The number of hydrogen-bond donors (Lipinski definition) is 2. The lowest BCUT2D eigenvalue weighted by atomic mass is 10.1. The Hall–Kier alpha value is -4.07. The first-order valence-corrected chi connectivity index (χ1v) is 9.88. The average molecular weight is 416 g/mol. The summed E-state index contributed by atoms with van der Waals surface area (Å²) in [6, 6.07) is 14.1. The van der Waals surface area contributed by atoms with E-state index in [0.717, 1.165) is 27.8 Å². The highest BCUT2D eigenvalue weighted by atomic mass is 16.5. The third-order valence-electron chi connectivity index (χ3n) is 5.41. The molecule has 0 bridgehead atoms. The summed E-state index contributed by atoms with van der Waals surface area (Å²) in [5, 5.41) is 3.82. The van der Waals surface area contributed by atoms with Crippen molar-refractivity contribution in [2.75, 3.05) is 7.11 Å². The Balaban J connectivity index is 1.29. The van der Waals surface area contributed by atoms with Crippen LogP contribution in [0.15, 0.2) is 65.4 Å². The molecule has 0 spiro atoms. The van der Waals surface area contributed by atoms with E-state index in [4.69, 9.17) is 9.15 Å². The van der Waals surface area contributed by atoms with Crippen LogP contribution in [0.3, 0.4) is 0 Å². The number of H-pyrrole nitrogens is 1. The monoisotopic (exact) mass is 416 g/mol. The van der Waals surface area contributed by atoms with Crippen LogP contribution in [0.2, 0.25) is 0 Å². The topological polar surface area (TPSA) is 100 Å². The van der Waals surface area contributed by atoms with Crippen molar-refractivity contribution in [1.82, 2.24) is 20.2 Å². The molecule has 1 fully saturated rings. The van der Waals surface area contributed by atoms with Gasteiger partial charge in [-0.1, -0.05) is 18.2 Å². The van der Waals surface area contributed by atoms with E-state index in [1.807, 2.05) is 54.7 Å². The second-order valence-corrected chi connectivity index (χ2v) is 7.36. The maximum atomic E-state index is 12.9. The van der Waals surface area contributed by atoms with E-state index >= 15 is 0 Å². The minimum absolute atomic E-state index is 0.0503. The van der Waals surface area contributed by atoms with Gasteiger partial charge in [0.2, 0.25) is 5.89 Å². The number of nitrogens with zero attached hydrogens (tertiary/aromatic N) is 2. The maximum absolute atomic E-state index is 12.9. The number of aromatic nitrogens is 2. The smallest absolute Gasteiger partial charge is 0.325 e. The van der Waals surface area contributed by atoms with Crippen molar-refractivity contribution in [2.45, 2.75) is 19.0 Å². The first-order chi connectivity index (χ1) is 15.1. The Morgan fingerprint density at radius 2 is 1.94 bits per heavy atom. The normalized spacial score (nSPS) is 16.2. The number of aromatic amines is 1. The number of hydrogen-bond acceptors (Lipinski definition) is 5. The second kappa shape index (κ2) is 7.64. The molecule has 31 heavy (non-hydrogen) atoms. The molecular weight excluding hydrogens is 396 g/mol. The van der Waals surface area contributed by atoms with Gasteiger partial charge >= 0.3 is 6.03 Å². The lowest BCUT2D eigenvalue weighted by molar-refractivity contribution is -0.127. The number of ether oxygens (including phenoxy) is 1. The predicted molar refractivity (Wildman–Crippen MR) is 113 cm³/mol. The van der Waals surface area contributed by atoms with Crippen molar-refractivity contribution in [2.24, 2.45) is 0 Å². The molecule has 156 valence electrons. The Kier molecular flexibility index (Phi) is 4.66. The number of methoxy groups -OCH3 is 1. The number of fused-ring (bicyclic) bond motifs is 1. The van der Waals surface area contributed by atoms with E-state index < -0.39 is 12.1 Å². The fourth-order valence-electron chi connectivity index (χ4n) is 3.79. The first-order valence-electron chi connectivity index (χ1n) is 9.88. The molecule has 3 heterocycles. The quantitative estimate of drug-likeness (QED) is 0.469. The fourth-order valence-corrected chi connectivity index (χ4v) is 3.79. The molecule has 8 heteroatoms. The van der Waals surface area contributed by atoms with Crippen LogP contribution in [0, 0.1) is 0 Å². The van der Waals surface area contributed by atoms with Gasteiger partial charge in [-0.25, -0.2) is 9.78 Å². The van der Waals surface area contributed by atoms with Crippen molar-refractivity contribution >= 4 is 22.8 Å². The SMILES string of the molecule is COc1ccc(-c2nc(CN3C(=O)NC(Cc4c[nH]c5ccccc45)C3=O)co2)cc1. The van der Waals surface area contributed by atoms with Crippen LogP contribution in [0.5, 0.6) is 5.75 Å². The van der Waals surface area contributed by atoms with Gasteiger partial charge in [0.25, 0.3) is 5.91 Å². The predicted octanol–water partition coefficient (Wildman–Crippen LogP) is 3.49. The highest BCUT2D eigenvalue weighted by molar-refractivity contribution is 6.04. The summed E-state index contributed by atoms with van der Waals surface area (Å²) in [4.78, 5) is 34.1. The van der Waals surface area contributed by atoms with Gasteiger partial charge in [0, 0.05) is 29.1 Å². The zero-order chi connectivity index (χ0) is 21.4. The summed E-state index contributed by atoms with van der Waals surface area (Å²) in [6.45, 7) is 0.0503. The Bertz CT molecular complexity index is 1260. The zero-order valence-electron chi connectivity index (χ0n) is 16.8. The molecule has 1 aliphatic heterocycles. The van der Waals surface area contributed by atoms with Crippen molar-refractivity contribution in [3.8, 4) is 17.2 Å². The van der Waals surface area contributed by atoms with Gasteiger partial charge in [0.05, 0.1) is 19.3 Å². The second-order valence-electron chi connectivity index (χ2n) is 7.36. The number of benzene rings is 2. The number of urea groups is 1. The maximum Gasteiger partial charge on any atom is 0.325 e. The van der Waals surface area contributed by atoms with E-state index in [1.165, 1.54) is 11.2 Å². The molecule has 1 aliphatic rings.